The van der Waals surface area contributed by atoms with Crippen molar-refractivity contribution in [3.63, 3.8) is 0 Å². The van der Waals surface area contributed by atoms with Crippen LogP contribution in [0.1, 0.15) is 5.56 Å². The molecule has 0 spiro atoms. The molecule has 16 heavy (non-hydrogen) atoms. The molecule has 0 atom stereocenters. The van der Waals surface area contributed by atoms with E-state index >= 15 is 0 Å². The summed E-state index contributed by atoms with van der Waals surface area (Å²) in [5, 5.41) is 9.85. The zero-order valence-corrected chi connectivity index (χ0v) is 9.03. The zero-order chi connectivity index (χ0) is 11.4. The Morgan fingerprint density at radius 3 is 3.06 bits per heavy atom. The molecule has 0 aliphatic heterocycles. The van der Waals surface area contributed by atoms with Crippen LogP contribution in [0.25, 0.3) is 0 Å². The van der Waals surface area contributed by atoms with Crippen LogP contribution in [-0.2, 0) is 6.54 Å². The van der Waals surface area contributed by atoms with Crippen molar-refractivity contribution in [3.8, 4) is 5.75 Å². The highest BCUT2D eigenvalue weighted by Crippen LogP contribution is 2.24. The summed E-state index contributed by atoms with van der Waals surface area (Å²) in [5.74, 6) is 0.781. The van der Waals surface area contributed by atoms with E-state index in [1.807, 2.05) is 24.4 Å². The number of nitrogens with two attached hydrogens (primary N) is 1. The van der Waals surface area contributed by atoms with Gasteiger partial charge in [0.1, 0.15) is 5.75 Å². The normalized spacial score (nSPS) is 10.1. The molecule has 84 valence electrons. The monoisotopic (exact) mass is 218 g/mol. The van der Waals surface area contributed by atoms with Gasteiger partial charge in [-0.1, -0.05) is 0 Å². The Balaban J connectivity index is 2.08. The number of benzene rings is 1. The molecule has 0 aliphatic carbocycles. The number of ether oxygens (including phenoxy) is 1. The highest BCUT2D eigenvalue weighted by molar-refractivity contribution is 5.68. The molecular formula is C11H14N4O. The van der Waals surface area contributed by atoms with Crippen LogP contribution in [0.3, 0.4) is 0 Å². The number of nitrogen functional groups attached to an aromatic ring is 1. The number of nitrogens with zero attached hydrogens (tertiary/aromatic N) is 1. The Bertz CT molecular complexity index is 453. The summed E-state index contributed by atoms with van der Waals surface area (Å²) in [6, 6.07) is 5.52. The number of rotatable bonds is 4. The average molecular weight is 218 g/mol. The molecule has 0 bridgehead atoms. The summed E-state index contributed by atoms with van der Waals surface area (Å²) < 4.78 is 5.13. The van der Waals surface area contributed by atoms with Gasteiger partial charge in [-0.3, -0.25) is 5.10 Å². The van der Waals surface area contributed by atoms with E-state index in [1.165, 1.54) is 0 Å². The largest absolute Gasteiger partial charge is 0.497 e. The third kappa shape index (κ3) is 2.25. The van der Waals surface area contributed by atoms with Crippen molar-refractivity contribution >= 4 is 11.4 Å². The Kier molecular flexibility index (Phi) is 2.95. The summed E-state index contributed by atoms with van der Waals surface area (Å²) in [7, 11) is 1.63. The molecule has 2 rings (SSSR count). The molecule has 2 aromatic rings. The molecule has 1 aromatic carbocycles. The van der Waals surface area contributed by atoms with E-state index in [-0.39, 0.29) is 0 Å². The molecular weight excluding hydrogens is 204 g/mol. The molecule has 4 N–H and O–H groups in total. The minimum atomic E-state index is 0.674. The summed E-state index contributed by atoms with van der Waals surface area (Å²) in [4.78, 5) is 0. The number of aromatic amines is 1. The molecule has 0 aliphatic rings. The number of hydrogen-bond acceptors (Lipinski definition) is 4. The Hall–Kier alpha value is -2.17. The van der Waals surface area contributed by atoms with E-state index in [0.29, 0.717) is 12.2 Å². The molecule has 0 amide bonds. The summed E-state index contributed by atoms with van der Waals surface area (Å²) >= 11 is 0. The van der Waals surface area contributed by atoms with Crippen LogP contribution < -0.4 is 15.8 Å². The number of H-pyrrole nitrogens is 1. The smallest absolute Gasteiger partial charge is 0.121 e. The first-order valence-corrected chi connectivity index (χ1v) is 4.94. The van der Waals surface area contributed by atoms with Crippen LogP contribution in [-0.4, -0.2) is 17.3 Å². The summed E-state index contributed by atoms with van der Waals surface area (Å²) in [5.41, 5.74) is 8.47. The van der Waals surface area contributed by atoms with E-state index in [4.69, 9.17) is 10.5 Å². The topological polar surface area (TPSA) is 76.0 Å². The SMILES string of the molecule is COc1ccc(N)c(NCc2cn[nH]c2)c1. The van der Waals surface area contributed by atoms with E-state index in [9.17, 15) is 0 Å². The molecule has 1 aromatic heterocycles. The third-order valence-electron chi connectivity index (χ3n) is 2.30. The van der Waals surface area contributed by atoms with Gasteiger partial charge in [0.15, 0.2) is 0 Å². The van der Waals surface area contributed by atoms with Crippen molar-refractivity contribution < 1.29 is 4.74 Å². The molecule has 0 fully saturated rings. The highest BCUT2D eigenvalue weighted by atomic mass is 16.5. The predicted molar refractivity (Wildman–Crippen MR) is 63.3 cm³/mol. The lowest BCUT2D eigenvalue weighted by Gasteiger charge is -2.09. The lowest BCUT2D eigenvalue weighted by Crippen LogP contribution is -2.02. The van der Waals surface area contributed by atoms with Crippen molar-refractivity contribution in [3.05, 3.63) is 36.2 Å². The number of nitrogens with one attached hydrogen (secondary N) is 2. The standard InChI is InChI=1S/C11H14N4O/c1-16-9-2-3-10(12)11(4-9)13-5-8-6-14-15-7-8/h2-4,6-7,13H,5,12H2,1H3,(H,14,15). The van der Waals surface area contributed by atoms with Crippen molar-refractivity contribution in [1.29, 1.82) is 0 Å². The number of aromatic nitrogens is 2. The van der Waals surface area contributed by atoms with Gasteiger partial charge in [-0.25, -0.2) is 0 Å². The van der Waals surface area contributed by atoms with Gasteiger partial charge < -0.3 is 15.8 Å². The minimum absolute atomic E-state index is 0.674. The molecule has 0 saturated carbocycles. The fourth-order valence-corrected chi connectivity index (χ4v) is 1.39. The van der Waals surface area contributed by atoms with E-state index in [2.05, 4.69) is 15.5 Å². The maximum absolute atomic E-state index is 5.84. The van der Waals surface area contributed by atoms with Gasteiger partial charge in [0.05, 0.1) is 24.7 Å². The number of anilines is 2. The second-order valence-electron chi connectivity index (χ2n) is 3.41. The van der Waals surface area contributed by atoms with Crippen LogP contribution in [0, 0.1) is 0 Å². The third-order valence-corrected chi connectivity index (χ3v) is 2.30. The Labute approximate surface area is 93.6 Å². The fourth-order valence-electron chi connectivity index (χ4n) is 1.39. The molecule has 1 heterocycles. The van der Waals surface area contributed by atoms with Crippen LogP contribution in [0.2, 0.25) is 0 Å². The van der Waals surface area contributed by atoms with E-state index in [1.54, 1.807) is 13.3 Å². The van der Waals surface area contributed by atoms with E-state index < -0.39 is 0 Å². The molecule has 0 radical (unpaired) electrons. The fraction of sp³-hybridized carbons (Fsp3) is 0.182. The first kappa shape index (κ1) is 10.4. The first-order chi connectivity index (χ1) is 7.79. The maximum Gasteiger partial charge on any atom is 0.121 e. The highest BCUT2D eigenvalue weighted by Gasteiger charge is 2.01. The molecule has 0 saturated heterocycles. The van der Waals surface area contributed by atoms with Crippen LogP contribution in [0.15, 0.2) is 30.6 Å². The van der Waals surface area contributed by atoms with E-state index in [0.717, 1.165) is 17.0 Å². The van der Waals surface area contributed by atoms with Crippen LogP contribution >= 0.6 is 0 Å². The van der Waals surface area contributed by atoms with Gasteiger partial charge >= 0.3 is 0 Å². The Morgan fingerprint density at radius 2 is 2.38 bits per heavy atom. The second kappa shape index (κ2) is 4.57. The van der Waals surface area contributed by atoms with Crippen molar-refractivity contribution in [2.45, 2.75) is 6.54 Å². The molecule has 0 unspecified atom stereocenters. The predicted octanol–water partition coefficient (Wildman–Crippen LogP) is 1.61. The van der Waals surface area contributed by atoms with Gasteiger partial charge in [0.2, 0.25) is 0 Å². The number of hydrogen-bond donors (Lipinski definition) is 3. The van der Waals surface area contributed by atoms with Gasteiger partial charge in [-0.2, -0.15) is 5.10 Å². The van der Waals surface area contributed by atoms with Crippen LogP contribution in [0.5, 0.6) is 5.75 Å². The lowest BCUT2D eigenvalue weighted by atomic mass is 10.2. The van der Waals surface area contributed by atoms with Gasteiger partial charge in [-0.15, -0.1) is 0 Å². The van der Waals surface area contributed by atoms with Gasteiger partial charge in [0.25, 0.3) is 0 Å². The second-order valence-corrected chi connectivity index (χ2v) is 3.41. The Morgan fingerprint density at radius 1 is 1.50 bits per heavy atom. The van der Waals surface area contributed by atoms with Crippen molar-refractivity contribution in [1.82, 2.24) is 10.2 Å². The van der Waals surface area contributed by atoms with Crippen molar-refractivity contribution in [2.75, 3.05) is 18.2 Å². The minimum Gasteiger partial charge on any atom is -0.497 e. The first-order valence-electron chi connectivity index (χ1n) is 4.94. The van der Waals surface area contributed by atoms with Gasteiger partial charge in [-0.05, 0) is 12.1 Å². The van der Waals surface area contributed by atoms with Gasteiger partial charge in [0, 0.05) is 24.4 Å². The van der Waals surface area contributed by atoms with Crippen LogP contribution in [0.4, 0.5) is 11.4 Å². The maximum atomic E-state index is 5.84. The quantitative estimate of drug-likeness (QED) is 0.681. The average Bonchev–Trinajstić information content (AvgIpc) is 2.81. The summed E-state index contributed by atoms with van der Waals surface area (Å²) in [6.45, 7) is 0.674. The molecule has 5 nitrogen and oxygen atoms in total. The van der Waals surface area contributed by atoms with Crippen molar-refractivity contribution in [2.24, 2.45) is 0 Å². The summed E-state index contributed by atoms with van der Waals surface area (Å²) in [6.07, 6.45) is 3.60. The number of methoxy groups -OCH3 is 1. The zero-order valence-electron chi connectivity index (χ0n) is 9.03. The lowest BCUT2D eigenvalue weighted by molar-refractivity contribution is 0.415. The molecule has 5 heteroatoms.